The number of hydrogen-bond donors (Lipinski definition) is 2. The first kappa shape index (κ1) is 25.1. The molecule has 1 aromatic rings. The molecular formula is C20H36IN5OS. The zero-order valence-electron chi connectivity index (χ0n) is 17.7. The highest BCUT2D eigenvalue weighted by atomic mass is 127. The van der Waals surface area contributed by atoms with E-state index in [-0.39, 0.29) is 29.9 Å². The minimum Gasteiger partial charge on any atom is -0.357 e. The average Bonchev–Trinajstić information content (AvgIpc) is 3.16. The Balaban J connectivity index is 0.00000392. The van der Waals surface area contributed by atoms with Crippen LogP contribution < -0.4 is 10.6 Å². The molecule has 1 aliphatic rings. The van der Waals surface area contributed by atoms with Gasteiger partial charge in [-0.15, -0.1) is 35.3 Å². The van der Waals surface area contributed by atoms with Gasteiger partial charge in [0.05, 0.1) is 6.54 Å². The zero-order valence-corrected chi connectivity index (χ0v) is 20.8. The van der Waals surface area contributed by atoms with Gasteiger partial charge >= 0.3 is 0 Å². The highest BCUT2D eigenvalue weighted by molar-refractivity contribution is 14.0. The van der Waals surface area contributed by atoms with Crippen molar-refractivity contribution in [1.82, 2.24) is 20.5 Å². The molecule has 1 aromatic heterocycles. The molecule has 160 valence electrons. The first-order valence-corrected chi connectivity index (χ1v) is 11.2. The predicted molar refractivity (Wildman–Crippen MR) is 129 cm³/mol. The Bertz CT molecular complexity index is 609. The number of halogens is 1. The SMILES string of the molecule is CCNC(=NCc1ncc(CC)s1)NC1CCN(C(=O)C(CC)CC)CC1.I. The number of amides is 1. The maximum absolute atomic E-state index is 12.5. The Morgan fingerprint density at radius 2 is 1.96 bits per heavy atom. The van der Waals surface area contributed by atoms with E-state index in [0.717, 1.165) is 62.7 Å². The summed E-state index contributed by atoms with van der Waals surface area (Å²) in [6.45, 7) is 11.5. The van der Waals surface area contributed by atoms with Gasteiger partial charge in [0.25, 0.3) is 0 Å². The van der Waals surface area contributed by atoms with Crippen LogP contribution in [0.2, 0.25) is 0 Å². The number of nitrogens with zero attached hydrogens (tertiary/aromatic N) is 3. The molecule has 8 heteroatoms. The number of carbonyl (C=O) groups excluding carboxylic acids is 1. The Morgan fingerprint density at radius 1 is 1.29 bits per heavy atom. The maximum Gasteiger partial charge on any atom is 0.225 e. The van der Waals surface area contributed by atoms with Gasteiger partial charge in [-0.2, -0.15) is 0 Å². The Kier molecular flexibility index (Phi) is 12.0. The number of aryl methyl sites for hydroxylation is 1. The van der Waals surface area contributed by atoms with Crippen LogP contribution in [0, 0.1) is 5.92 Å². The van der Waals surface area contributed by atoms with Gasteiger partial charge in [0, 0.05) is 42.7 Å². The van der Waals surface area contributed by atoms with Crippen LogP contribution in [0.3, 0.4) is 0 Å². The number of likely N-dealkylation sites (tertiary alicyclic amines) is 1. The van der Waals surface area contributed by atoms with Crippen molar-refractivity contribution in [3.8, 4) is 0 Å². The number of thiazole rings is 1. The van der Waals surface area contributed by atoms with Crippen molar-refractivity contribution >= 4 is 47.2 Å². The summed E-state index contributed by atoms with van der Waals surface area (Å²) in [6, 6.07) is 0.357. The van der Waals surface area contributed by atoms with E-state index in [0.29, 0.717) is 18.5 Å². The van der Waals surface area contributed by atoms with Gasteiger partial charge in [-0.3, -0.25) is 4.79 Å². The van der Waals surface area contributed by atoms with Gasteiger partial charge in [0.2, 0.25) is 5.91 Å². The normalized spacial score (nSPS) is 15.5. The van der Waals surface area contributed by atoms with Crippen molar-refractivity contribution in [2.75, 3.05) is 19.6 Å². The van der Waals surface area contributed by atoms with E-state index in [2.05, 4.69) is 43.3 Å². The van der Waals surface area contributed by atoms with E-state index in [1.165, 1.54) is 4.88 Å². The van der Waals surface area contributed by atoms with Crippen LogP contribution in [0.5, 0.6) is 0 Å². The highest BCUT2D eigenvalue weighted by Gasteiger charge is 2.26. The molecule has 0 aliphatic carbocycles. The largest absolute Gasteiger partial charge is 0.357 e. The number of hydrogen-bond acceptors (Lipinski definition) is 4. The van der Waals surface area contributed by atoms with E-state index in [9.17, 15) is 4.79 Å². The summed E-state index contributed by atoms with van der Waals surface area (Å²) < 4.78 is 0. The second kappa shape index (κ2) is 13.3. The van der Waals surface area contributed by atoms with Gasteiger partial charge in [-0.25, -0.2) is 9.98 Å². The lowest BCUT2D eigenvalue weighted by molar-refractivity contribution is -0.136. The van der Waals surface area contributed by atoms with Crippen molar-refractivity contribution in [3.63, 3.8) is 0 Å². The molecular weight excluding hydrogens is 485 g/mol. The fraction of sp³-hybridized carbons (Fsp3) is 0.750. The average molecular weight is 522 g/mol. The topological polar surface area (TPSA) is 69.6 Å². The van der Waals surface area contributed by atoms with Crippen molar-refractivity contribution in [3.05, 3.63) is 16.1 Å². The van der Waals surface area contributed by atoms with Crippen molar-refractivity contribution in [2.45, 2.75) is 72.4 Å². The summed E-state index contributed by atoms with van der Waals surface area (Å²) in [5.41, 5.74) is 0. The van der Waals surface area contributed by atoms with Gasteiger partial charge in [-0.1, -0.05) is 20.8 Å². The Morgan fingerprint density at radius 3 is 2.50 bits per heavy atom. The molecule has 2 heterocycles. The van der Waals surface area contributed by atoms with Gasteiger partial charge in [-0.05, 0) is 39.0 Å². The number of piperidine rings is 1. The van der Waals surface area contributed by atoms with E-state index >= 15 is 0 Å². The molecule has 0 saturated carbocycles. The molecule has 6 nitrogen and oxygen atoms in total. The summed E-state index contributed by atoms with van der Waals surface area (Å²) in [6.07, 6.45) is 6.76. The molecule has 0 spiro atoms. The van der Waals surface area contributed by atoms with Gasteiger partial charge < -0.3 is 15.5 Å². The zero-order chi connectivity index (χ0) is 19.6. The number of guanidine groups is 1. The third-order valence-electron chi connectivity index (χ3n) is 5.15. The smallest absolute Gasteiger partial charge is 0.225 e. The van der Waals surface area contributed by atoms with E-state index in [1.54, 1.807) is 11.3 Å². The molecule has 0 bridgehead atoms. The first-order valence-electron chi connectivity index (χ1n) is 10.4. The lowest BCUT2D eigenvalue weighted by Gasteiger charge is -2.34. The Labute approximate surface area is 191 Å². The fourth-order valence-corrected chi connectivity index (χ4v) is 4.17. The molecule has 1 amide bonds. The predicted octanol–water partition coefficient (Wildman–Crippen LogP) is 3.81. The van der Waals surface area contributed by atoms with Crippen LogP contribution in [-0.2, 0) is 17.8 Å². The summed E-state index contributed by atoms with van der Waals surface area (Å²) in [5, 5.41) is 7.92. The molecule has 1 aliphatic heterocycles. The Hall–Kier alpha value is -0.900. The van der Waals surface area contributed by atoms with Crippen LogP contribution in [0.4, 0.5) is 0 Å². The van der Waals surface area contributed by atoms with Gasteiger partial charge in [0.1, 0.15) is 5.01 Å². The van der Waals surface area contributed by atoms with Crippen molar-refractivity contribution in [1.29, 1.82) is 0 Å². The molecule has 1 fully saturated rings. The van der Waals surface area contributed by atoms with Crippen LogP contribution in [-0.4, -0.2) is 47.4 Å². The number of aliphatic imine (C=N–C) groups is 1. The number of aromatic nitrogens is 1. The monoisotopic (exact) mass is 521 g/mol. The van der Waals surface area contributed by atoms with E-state index < -0.39 is 0 Å². The van der Waals surface area contributed by atoms with Crippen LogP contribution in [0.25, 0.3) is 0 Å². The second-order valence-corrected chi connectivity index (χ2v) is 8.23. The number of nitrogens with one attached hydrogen (secondary N) is 2. The fourth-order valence-electron chi connectivity index (χ4n) is 3.38. The van der Waals surface area contributed by atoms with Crippen LogP contribution in [0.15, 0.2) is 11.2 Å². The summed E-state index contributed by atoms with van der Waals surface area (Å²) in [5.74, 6) is 1.35. The van der Waals surface area contributed by atoms with E-state index in [1.807, 2.05) is 11.1 Å². The quantitative estimate of drug-likeness (QED) is 0.310. The lowest BCUT2D eigenvalue weighted by Crippen LogP contribution is -2.50. The van der Waals surface area contributed by atoms with Gasteiger partial charge in [0.15, 0.2) is 5.96 Å². The molecule has 0 radical (unpaired) electrons. The molecule has 2 rings (SSSR count). The highest BCUT2D eigenvalue weighted by Crippen LogP contribution is 2.18. The molecule has 0 unspecified atom stereocenters. The molecule has 1 saturated heterocycles. The molecule has 2 N–H and O–H groups in total. The van der Waals surface area contributed by atoms with Crippen molar-refractivity contribution < 1.29 is 4.79 Å². The molecule has 28 heavy (non-hydrogen) atoms. The lowest BCUT2D eigenvalue weighted by atomic mass is 9.98. The molecule has 0 aromatic carbocycles. The minimum atomic E-state index is 0. The third kappa shape index (κ3) is 7.50. The summed E-state index contributed by atoms with van der Waals surface area (Å²) in [7, 11) is 0. The van der Waals surface area contributed by atoms with Crippen LogP contribution in [0.1, 0.15) is 63.3 Å². The van der Waals surface area contributed by atoms with E-state index in [4.69, 9.17) is 4.99 Å². The summed E-state index contributed by atoms with van der Waals surface area (Å²) in [4.78, 5) is 25.0. The standard InChI is InChI=1S/C20H35N5OS.HI/c1-5-15(6-2)19(26)25-11-9-16(10-12-25)24-20(21-8-4)23-14-18-22-13-17(7-3)27-18;/h13,15-16H,5-12,14H2,1-4H3,(H2,21,23,24);1H. The number of carbonyl (C=O) groups is 1. The molecule has 0 atom stereocenters. The maximum atomic E-state index is 12.5. The third-order valence-corrected chi connectivity index (χ3v) is 6.28. The first-order chi connectivity index (χ1) is 13.1. The number of rotatable bonds is 8. The van der Waals surface area contributed by atoms with Crippen molar-refractivity contribution in [2.24, 2.45) is 10.9 Å². The minimum absolute atomic E-state index is 0. The second-order valence-electron chi connectivity index (χ2n) is 7.03. The summed E-state index contributed by atoms with van der Waals surface area (Å²) >= 11 is 1.73. The van der Waals surface area contributed by atoms with Crippen LogP contribution >= 0.6 is 35.3 Å².